The summed E-state index contributed by atoms with van der Waals surface area (Å²) in [6.45, 7) is 2.08. The van der Waals surface area contributed by atoms with Gasteiger partial charge in [0, 0.05) is 19.3 Å². The highest BCUT2D eigenvalue weighted by Crippen LogP contribution is 2.16. The lowest BCUT2D eigenvalue weighted by Gasteiger charge is -1.93. The molecule has 2 heterocycles. The van der Waals surface area contributed by atoms with Crippen LogP contribution in [-0.4, -0.2) is 30.9 Å². The number of rotatable bonds is 6. The first-order chi connectivity index (χ1) is 8.20. The van der Waals surface area contributed by atoms with Crippen LogP contribution in [0.15, 0.2) is 0 Å². The molecule has 0 atom stereocenters. The van der Waals surface area contributed by atoms with Crippen LogP contribution in [0.1, 0.15) is 37.0 Å². The Balaban J connectivity index is 2.06. The number of hydrogen-bond acceptors (Lipinski definition) is 5. The van der Waals surface area contributed by atoms with Crippen molar-refractivity contribution in [2.24, 2.45) is 0 Å². The molecule has 2 aromatic heterocycles. The van der Waals surface area contributed by atoms with E-state index in [4.69, 9.17) is 5.11 Å². The van der Waals surface area contributed by atoms with Crippen LogP contribution >= 0.6 is 11.3 Å². The predicted octanol–water partition coefficient (Wildman–Crippen LogP) is 1.55. The minimum absolute atomic E-state index is 0.183. The summed E-state index contributed by atoms with van der Waals surface area (Å²) >= 11 is 1.48. The van der Waals surface area contributed by atoms with Crippen molar-refractivity contribution in [2.75, 3.05) is 0 Å². The standard InChI is InChI=1S/C10H14N4O2S/c1-2-4-7-11-12-10-14(7)13-8(17-10)5-3-6-9(15)16/h2-6H2,1H3,(H,15,16). The van der Waals surface area contributed by atoms with Gasteiger partial charge in [0.2, 0.25) is 4.96 Å². The third kappa shape index (κ3) is 2.79. The largest absolute Gasteiger partial charge is 0.481 e. The summed E-state index contributed by atoms with van der Waals surface area (Å²) < 4.78 is 1.77. The van der Waals surface area contributed by atoms with E-state index >= 15 is 0 Å². The van der Waals surface area contributed by atoms with Gasteiger partial charge >= 0.3 is 5.97 Å². The fraction of sp³-hybridized carbons (Fsp3) is 0.600. The van der Waals surface area contributed by atoms with Gasteiger partial charge in [-0.15, -0.1) is 10.2 Å². The summed E-state index contributed by atoms with van der Waals surface area (Å²) in [5, 5.41) is 22.0. The van der Waals surface area contributed by atoms with Crippen LogP contribution in [0.2, 0.25) is 0 Å². The summed E-state index contributed by atoms with van der Waals surface area (Å²) in [4.78, 5) is 11.2. The Labute approximate surface area is 102 Å². The van der Waals surface area contributed by atoms with Gasteiger partial charge in [-0.25, -0.2) is 0 Å². The highest BCUT2D eigenvalue weighted by Gasteiger charge is 2.10. The van der Waals surface area contributed by atoms with E-state index in [0.717, 1.165) is 28.6 Å². The van der Waals surface area contributed by atoms with Crippen LogP contribution in [0.5, 0.6) is 0 Å². The minimum atomic E-state index is -0.764. The van der Waals surface area contributed by atoms with Crippen molar-refractivity contribution in [3.63, 3.8) is 0 Å². The van der Waals surface area contributed by atoms with Crippen molar-refractivity contribution in [1.82, 2.24) is 19.8 Å². The van der Waals surface area contributed by atoms with E-state index in [9.17, 15) is 4.79 Å². The average Bonchev–Trinajstić information content (AvgIpc) is 2.80. The average molecular weight is 254 g/mol. The molecule has 0 bridgehead atoms. The predicted molar refractivity (Wildman–Crippen MR) is 63.2 cm³/mol. The molecular formula is C10H14N4O2S. The van der Waals surface area contributed by atoms with Gasteiger partial charge in [-0.05, 0) is 12.8 Å². The zero-order valence-electron chi connectivity index (χ0n) is 9.59. The number of carbonyl (C=O) groups is 1. The first-order valence-corrected chi connectivity index (χ1v) is 6.44. The number of aryl methyl sites for hydroxylation is 2. The smallest absolute Gasteiger partial charge is 0.303 e. The quantitative estimate of drug-likeness (QED) is 0.845. The van der Waals surface area contributed by atoms with E-state index in [1.54, 1.807) is 4.52 Å². The maximum absolute atomic E-state index is 10.4. The van der Waals surface area contributed by atoms with E-state index in [0.29, 0.717) is 12.8 Å². The van der Waals surface area contributed by atoms with Crippen LogP contribution in [0, 0.1) is 0 Å². The summed E-state index contributed by atoms with van der Waals surface area (Å²) in [7, 11) is 0. The topological polar surface area (TPSA) is 80.4 Å². The van der Waals surface area contributed by atoms with Gasteiger partial charge in [-0.3, -0.25) is 4.79 Å². The number of nitrogens with zero attached hydrogens (tertiary/aromatic N) is 4. The molecule has 2 aromatic rings. The second-order valence-electron chi connectivity index (χ2n) is 3.80. The molecule has 0 fully saturated rings. The molecule has 92 valence electrons. The van der Waals surface area contributed by atoms with Crippen LogP contribution in [-0.2, 0) is 17.6 Å². The third-order valence-corrected chi connectivity index (χ3v) is 3.31. The maximum atomic E-state index is 10.4. The summed E-state index contributed by atoms with van der Waals surface area (Å²) in [6, 6.07) is 0. The molecule has 2 rings (SSSR count). The van der Waals surface area contributed by atoms with E-state index in [1.807, 2.05) is 0 Å². The second-order valence-corrected chi connectivity index (χ2v) is 4.84. The van der Waals surface area contributed by atoms with Gasteiger partial charge in [0.15, 0.2) is 5.82 Å². The van der Waals surface area contributed by atoms with Crippen molar-refractivity contribution in [1.29, 1.82) is 0 Å². The van der Waals surface area contributed by atoms with E-state index < -0.39 is 5.97 Å². The zero-order chi connectivity index (χ0) is 12.3. The molecule has 7 heteroatoms. The number of aromatic nitrogens is 4. The summed E-state index contributed by atoms with van der Waals surface area (Å²) in [5.74, 6) is 0.114. The van der Waals surface area contributed by atoms with E-state index in [2.05, 4.69) is 22.2 Å². The van der Waals surface area contributed by atoms with Crippen LogP contribution < -0.4 is 0 Å². The molecule has 0 amide bonds. The van der Waals surface area contributed by atoms with Crippen LogP contribution in [0.3, 0.4) is 0 Å². The van der Waals surface area contributed by atoms with Gasteiger partial charge in [-0.2, -0.15) is 9.61 Å². The third-order valence-electron chi connectivity index (χ3n) is 2.35. The minimum Gasteiger partial charge on any atom is -0.481 e. The molecule has 0 aliphatic rings. The molecule has 0 radical (unpaired) electrons. The Morgan fingerprint density at radius 1 is 1.41 bits per heavy atom. The molecule has 0 unspecified atom stereocenters. The highest BCUT2D eigenvalue weighted by molar-refractivity contribution is 7.16. The normalized spacial score (nSPS) is 11.1. The number of fused-ring (bicyclic) bond motifs is 1. The molecule has 0 aliphatic heterocycles. The Morgan fingerprint density at radius 2 is 2.24 bits per heavy atom. The van der Waals surface area contributed by atoms with Crippen LogP contribution in [0.4, 0.5) is 0 Å². The van der Waals surface area contributed by atoms with Gasteiger partial charge in [0.25, 0.3) is 0 Å². The number of aliphatic carboxylic acids is 1. The number of carboxylic acid groups (broad SMARTS) is 1. The Kier molecular flexibility index (Phi) is 3.68. The molecule has 0 saturated heterocycles. The number of carboxylic acids is 1. The molecule has 17 heavy (non-hydrogen) atoms. The van der Waals surface area contributed by atoms with Gasteiger partial charge in [0.1, 0.15) is 5.01 Å². The SMILES string of the molecule is CCCc1nnc2sc(CCCC(=O)O)nn12. The molecule has 0 spiro atoms. The molecule has 0 saturated carbocycles. The van der Waals surface area contributed by atoms with E-state index in [-0.39, 0.29) is 6.42 Å². The molecule has 1 N–H and O–H groups in total. The monoisotopic (exact) mass is 254 g/mol. The zero-order valence-corrected chi connectivity index (χ0v) is 10.4. The first-order valence-electron chi connectivity index (χ1n) is 5.62. The van der Waals surface area contributed by atoms with Gasteiger partial charge in [0.05, 0.1) is 0 Å². The first kappa shape index (κ1) is 12.0. The lowest BCUT2D eigenvalue weighted by molar-refractivity contribution is -0.137. The van der Waals surface area contributed by atoms with Crippen molar-refractivity contribution in [3.05, 3.63) is 10.8 Å². The van der Waals surface area contributed by atoms with Crippen molar-refractivity contribution in [2.45, 2.75) is 39.0 Å². The molecular weight excluding hydrogens is 240 g/mol. The van der Waals surface area contributed by atoms with Gasteiger partial charge < -0.3 is 5.11 Å². The molecule has 0 aromatic carbocycles. The lowest BCUT2D eigenvalue weighted by Crippen LogP contribution is -1.98. The van der Waals surface area contributed by atoms with Crippen molar-refractivity contribution in [3.8, 4) is 0 Å². The maximum Gasteiger partial charge on any atom is 0.303 e. The van der Waals surface area contributed by atoms with Crippen molar-refractivity contribution < 1.29 is 9.90 Å². The van der Waals surface area contributed by atoms with Crippen molar-refractivity contribution >= 4 is 22.3 Å². The van der Waals surface area contributed by atoms with Crippen LogP contribution in [0.25, 0.3) is 4.96 Å². The van der Waals surface area contributed by atoms with E-state index in [1.165, 1.54) is 11.3 Å². The lowest BCUT2D eigenvalue weighted by atomic mass is 10.2. The fourth-order valence-corrected chi connectivity index (χ4v) is 2.46. The Hall–Kier alpha value is -1.50. The Morgan fingerprint density at radius 3 is 2.94 bits per heavy atom. The molecule has 6 nitrogen and oxygen atoms in total. The van der Waals surface area contributed by atoms with Gasteiger partial charge in [-0.1, -0.05) is 18.3 Å². The second kappa shape index (κ2) is 5.22. The fourth-order valence-electron chi connectivity index (χ4n) is 1.57. The highest BCUT2D eigenvalue weighted by atomic mass is 32.1. The summed E-state index contributed by atoms with van der Waals surface area (Å²) in [5.41, 5.74) is 0. The number of hydrogen-bond donors (Lipinski definition) is 1. The molecule has 0 aliphatic carbocycles. The summed E-state index contributed by atoms with van der Waals surface area (Å²) in [6.07, 6.45) is 3.35. The Bertz CT molecular complexity index is 519.